The Morgan fingerprint density at radius 2 is 2.00 bits per heavy atom. The van der Waals surface area contributed by atoms with E-state index in [2.05, 4.69) is 6.92 Å². The van der Waals surface area contributed by atoms with Gasteiger partial charge in [0.2, 0.25) is 0 Å². The standard InChI is InChI=1S/C15H19FO/c1-3-15(8-4-5-9-15)14(17)12-7-6-11(2)13(16)10-12/h6-7,10H,3-5,8-9H2,1-2H3. The second-order valence-electron chi connectivity index (χ2n) is 5.13. The highest BCUT2D eigenvalue weighted by molar-refractivity contribution is 6.00. The van der Waals surface area contributed by atoms with E-state index in [4.69, 9.17) is 0 Å². The predicted molar refractivity (Wildman–Crippen MR) is 66.7 cm³/mol. The van der Waals surface area contributed by atoms with Crippen molar-refractivity contribution in [3.05, 3.63) is 35.1 Å². The Bertz CT molecular complexity index is 431. The minimum atomic E-state index is -0.278. The number of carbonyl (C=O) groups is 1. The molecule has 0 spiro atoms. The largest absolute Gasteiger partial charge is 0.294 e. The molecule has 2 heteroatoms. The van der Waals surface area contributed by atoms with Gasteiger partial charge in [-0.2, -0.15) is 0 Å². The summed E-state index contributed by atoms with van der Waals surface area (Å²) in [7, 11) is 0. The average molecular weight is 234 g/mol. The second-order valence-corrected chi connectivity index (χ2v) is 5.13. The number of hydrogen-bond acceptors (Lipinski definition) is 1. The van der Waals surface area contributed by atoms with Crippen molar-refractivity contribution in [2.24, 2.45) is 5.41 Å². The van der Waals surface area contributed by atoms with Gasteiger partial charge >= 0.3 is 0 Å². The Morgan fingerprint density at radius 1 is 1.35 bits per heavy atom. The van der Waals surface area contributed by atoms with Gasteiger partial charge in [0.1, 0.15) is 5.82 Å². The van der Waals surface area contributed by atoms with Gasteiger partial charge < -0.3 is 0 Å². The van der Waals surface area contributed by atoms with E-state index in [1.807, 2.05) is 0 Å². The van der Waals surface area contributed by atoms with Crippen LogP contribution in [0.3, 0.4) is 0 Å². The van der Waals surface area contributed by atoms with E-state index in [1.54, 1.807) is 19.1 Å². The molecule has 0 aliphatic heterocycles. The van der Waals surface area contributed by atoms with Crippen molar-refractivity contribution in [1.29, 1.82) is 0 Å². The molecule has 1 aliphatic carbocycles. The maximum absolute atomic E-state index is 13.5. The molecule has 0 heterocycles. The molecule has 0 N–H and O–H groups in total. The number of halogens is 1. The first-order valence-corrected chi connectivity index (χ1v) is 6.40. The van der Waals surface area contributed by atoms with E-state index in [0.717, 1.165) is 32.1 Å². The monoisotopic (exact) mass is 234 g/mol. The quantitative estimate of drug-likeness (QED) is 0.713. The van der Waals surface area contributed by atoms with Gasteiger partial charge in [0.05, 0.1) is 0 Å². The number of aryl methyl sites for hydroxylation is 1. The number of hydrogen-bond donors (Lipinski definition) is 0. The van der Waals surface area contributed by atoms with Gasteiger partial charge in [-0.05, 0) is 37.8 Å². The Balaban J connectivity index is 2.32. The van der Waals surface area contributed by atoms with Gasteiger partial charge in [0.15, 0.2) is 5.78 Å². The fraction of sp³-hybridized carbons (Fsp3) is 0.533. The molecule has 1 aliphatic rings. The molecule has 0 radical (unpaired) electrons. The summed E-state index contributed by atoms with van der Waals surface area (Å²) >= 11 is 0. The van der Waals surface area contributed by atoms with Crippen LogP contribution in [0.25, 0.3) is 0 Å². The van der Waals surface area contributed by atoms with Crippen LogP contribution in [0.15, 0.2) is 18.2 Å². The van der Waals surface area contributed by atoms with Gasteiger partial charge in [0.25, 0.3) is 0 Å². The van der Waals surface area contributed by atoms with Crippen LogP contribution in [-0.4, -0.2) is 5.78 Å². The molecule has 0 amide bonds. The minimum absolute atomic E-state index is 0.136. The topological polar surface area (TPSA) is 17.1 Å². The van der Waals surface area contributed by atoms with E-state index in [0.29, 0.717) is 11.1 Å². The van der Waals surface area contributed by atoms with Crippen LogP contribution >= 0.6 is 0 Å². The van der Waals surface area contributed by atoms with E-state index in [9.17, 15) is 9.18 Å². The molecular weight excluding hydrogens is 215 g/mol. The lowest BCUT2D eigenvalue weighted by Gasteiger charge is -2.25. The smallest absolute Gasteiger partial charge is 0.169 e. The molecule has 0 saturated heterocycles. The van der Waals surface area contributed by atoms with Gasteiger partial charge in [-0.1, -0.05) is 31.9 Å². The summed E-state index contributed by atoms with van der Waals surface area (Å²) in [4.78, 5) is 12.5. The molecule has 1 fully saturated rings. The molecule has 1 aromatic carbocycles. The van der Waals surface area contributed by atoms with Crippen LogP contribution in [0, 0.1) is 18.2 Å². The normalized spacial score (nSPS) is 18.3. The Kier molecular flexibility index (Phi) is 3.32. The first-order chi connectivity index (χ1) is 8.09. The lowest BCUT2D eigenvalue weighted by molar-refractivity contribution is 0.0791. The van der Waals surface area contributed by atoms with Crippen molar-refractivity contribution in [3.63, 3.8) is 0 Å². The van der Waals surface area contributed by atoms with Crippen LogP contribution in [0.5, 0.6) is 0 Å². The third-order valence-corrected chi connectivity index (χ3v) is 4.15. The van der Waals surface area contributed by atoms with Gasteiger partial charge in [-0.25, -0.2) is 4.39 Å². The SMILES string of the molecule is CCC1(C(=O)c2ccc(C)c(F)c2)CCCC1. The second kappa shape index (κ2) is 4.59. The lowest BCUT2D eigenvalue weighted by Crippen LogP contribution is -2.27. The summed E-state index contributed by atoms with van der Waals surface area (Å²) < 4.78 is 13.5. The van der Waals surface area contributed by atoms with Crippen molar-refractivity contribution in [2.45, 2.75) is 46.0 Å². The zero-order valence-corrected chi connectivity index (χ0v) is 10.6. The van der Waals surface area contributed by atoms with Crippen LogP contribution in [0.4, 0.5) is 4.39 Å². The maximum Gasteiger partial charge on any atom is 0.169 e. The third-order valence-electron chi connectivity index (χ3n) is 4.15. The predicted octanol–water partition coefficient (Wildman–Crippen LogP) is 4.29. The first kappa shape index (κ1) is 12.3. The molecule has 17 heavy (non-hydrogen) atoms. The van der Waals surface area contributed by atoms with E-state index < -0.39 is 0 Å². The van der Waals surface area contributed by atoms with Crippen LogP contribution < -0.4 is 0 Å². The van der Waals surface area contributed by atoms with Crippen molar-refractivity contribution < 1.29 is 9.18 Å². The zero-order valence-electron chi connectivity index (χ0n) is 10.6. The summed E-state index contributed by atoms with van der Waals surface area (Å²) in [5.41, 5.74) is 0.914. The highest BCUT2D eigenvalue weighted by Gasteiger charge is 2.39. The molecule has 0 unspecified atom stereocenters. The van der Waals surface area contributed by atoms with E-state index in [-0.39, 0.29) is 17.0 Å². The third kappa shape index (κ3) is 2.13. The zero-order chi connectivity index (χ0) is 12.5. The fourth-order valence-corrected chi connectivity index (χ4v) is 2.83. The number of Topliss-reactive ketones (excluding diaryl/α,β-unsaturated/α-hetero) is 1. The van der Waals surface area contributed by atoms with Crippen LogP contribution in [0.2, 0.25) is 0 Å². The van der Waals surface area contributed by atoms with Crippen molar-refractivity contribution in [3.8, 4) is 0 Å². The molecule has 1 aromatic rings. The van der Waals surface area contributed by atoms with Gasteiger partial charge in [-0.3, -0.25) is 4.79 Å². The van der Waals surface area contributed by atoms with Crippen molar-refractivity contribution >= 4 is 5.78 Å². The first-order valence-electron chi connectivity index (χ1n) is 6.40. The highest BCUT2D eigenvalue weighted by Crippen LogP contribution is 2.43. The molecule has 2 rings (SSSR count). The number of carbonyl (C=O) groups excluding carboxylic acids is 1. The maximum atomic E-state index is 13.5. The van der Waals surface area contributed by atoms with Gasteiger partial charge in [-0.15, -0.1) is 0 Å². The molecule has 1 nitrogen and oxygen atoms in total. The number of rotatable bonds is 3. The summed E-state index contributed by atoms with van der Waals surface area (Å²) in [6, 6.07) is 4.85. The summed E-state index contributed by atoms with van der Waals surface area (Å²) in [5, 5.41) is 0. The van der Waals surface area contributed by atoms with Crippen molar-refractivity contribution in [1.82, 2.24) is 0 Å². The van der Waals surface area contributed by atoms with Crippen molar-refractivity contribution in [2.75, 3.05) is 0 Å². The van der Waals surface area contributed by atoms with Crippen LogP contribution in [0.1, 0.15) is 54.9 Å². The molecule has 92 valence electrons. The molecule has 1 saturated carbocycles. The van der Waals surface area contributed by atoms with E-state index in [1.165, 1.54) is 6.07 Å². The number of benzene rings is 1. The minimum Gasteiger partial charge on any atom is -0.294 e. The molecular formula is C15H19FO. The summed E-state index contributed by atoms with van der Waals surface area (Å²) in [6.45, 7) is 3.78. The molecule has 0 bridgehead atoms. The van der Waals surface area contributed by atoms with Gasteiger partial charge in [0, 0.05) is 11.0 Å². The van der Waals surface area contributed by atoms with Crippen LogP contribution in [-0.2, 0) is 0 Å². The Morgan fingerprint density at radius 3 is 2.53 bits per heavy atom. The van der Waals surface area contributed by atoms with E-state index >= 15 is 0 Å². The lowest BCUT2D eigenvalue weighted by atomic mass is 9.76. The average Bonchev–Trinajstić information content (AvgIpc) is 2.81. The molecule has 0 aromatic heterocycles. The highest BCUT2D eigenvalue weighted by atomic mass is 19.1. The Hall–Kier alpha value is -1.18. The molecule has 0 atom stereocenters. The fourth-order valence-electron chi connectivity index (χ4n) is 2.83. The number of ketones is 1. The summed E-state index contributed by atoms with van der Waals surface area (Å²) in [6.07, 6.45) is 5.01. The Labute approximate surface area is 102 Å². The summed E-state index contributed by atoms with van der Waals surface area (Å²) in [5.74, 6) is -0.142.